The van der Waals surface area contributed by atoms with Crippen molar-refractivity contribution in [2.24, 2.45) is 11.8 Å². The highest BCUT2D eigenvalue weighted by Gasteiger charge is 2.17. The largest absolute Gasteiger partial charge is 0.395 e. The van der Waals surface area contributed by atoms with Gasteiger partial charge in [0.1, 0.15) is 0 Å². The SMILES string of the molecule is CC(C)[C@H](CO)NC[C@@H]1CCNC1. The Labute approximate surface area is 80.9 Å². The molecule has 1 saturated heterocycles. The lowest BCUT2D eigenvalue weighted by Crippen LogP contribution is -2.40. The van der Waals surface area contributed by atoms with Gasteiger partial charge in [0.25, 0.3) is 0 Å². The molecule has 0 bridgehead atoms. The van der Waals surface area contributed by atoms with Crippen LogP contribution in [0.1, 0.15) is 20.3 Å². The lowest BCUT2D eigenvalue weighted by atomic mass is 10.0. The van der Waals surface area contributed by atoms with E-state index in [0.29, 0.717) is 5.92 Å². The van der Waals surface area contributed by atoms with Crippen LogP contribution in [0.2, 0.25) is 0 Å². The van der Waals surface area contributed by atoms with Crippen molar-refractivity contribution in [2.75, 3.05) is 26.2 Å². The minimum Gasteiger partial charge on any atom is -0.395 e. The molecule has 2 atom stereocenters. The number of nitrogens with one attached hydrogen (secondary N) is 2. The molecular formula is C10H22N2O. The summed E-state index contributed by atoms with van der Waals surface area (Å²) in [6.07, 6.45) is 1.27. The Balaban J connectivity index is 2.15. The highest BCUT2D eigenvalue weighted by molar-refractivity contribution is 4.76. The third-order valence-electron chi connectivity index (χ3n) is 2.83. The average Bonchev–Trinajstić information content (AvgIpc) is 2.57. The van der Waals surface area contributed by atoms with Crippen molar-refractivity contribution in [3.8, 4) is 0 Å². The molecule has 0 radical (unpaired) electrons. The van der Waals surface area contributed by atoms with Crippen LogP contribution in [0.3, 0.4) is 0 Å². The molecule has 0 aromatic carbocycles. The first-order valence-corrected chi connectivity index (χ1v) is 5.29. The zero-order valence-electron chi connectivity index (χ0n) is 8.71. The Hall–Kier alpha value is -0.120. The van der Waals surface area contributed by atoms with Gasteiger partial charge < -0.3 is 15.7 Å². The predicted octanol–water partition coefficient (Wildman–Crippen LogP) is 0.202. The van der Waals surface area contributed by atoms with Crippen molar-refractivity contribution in [3.05, 3.63) is 0 Å². The molecule has 13 heavy (non-hydrogen) atoms. The third kappa shape index (κ3) is 3.63. The minimum atomic E-state index is 0.248. The molecule has 0 spiro atoms. The van der Waals surface area contributed by atoms with E-state index in [4.69, 9.17) is 5.11 Å². The Morgan fingerprint density at radius 1 is 1.54 bits per heavy atom. The van der Waals surface area contributed by atoms with Gasteiger partial charge in [0.2, 0.25) is 0 Å². The fourth-order valence-electron chi connectivity index (χ4n) is 1.72. The topological polar surface area (TPSA) is 44.3 Å². The van der Waals surface area contributed by atoms with Crippen molar-refractivity contribution in [1.82, 2.24) is 10.6 Å². The lowest BCUT2D eigenvalue weighted by Gasteiger charge is -2.21. The predicted molar refractivity (Wildman–Crippen MR) is 54.7 cm³/mol. The van der Waals surface area contributed by atoms with E-state index >= 15 is 0 Å². The van der Waals surface area contributed by atoms with E-state index in [9.17, 15) is 0 Å². The molecule has 0 unspecified atom stereocenters. The monoisotopic (exact) mass is 186 g/mol. The number of rotatable bonds is 5. The zero-order valence-corrected chi connectivity index (χ0v) is 8.71. The zero-order chi connectivity index (χ0) is 9.68. The van der Waals surface area contributed by atoms with Crippen LogP contribution in [0.15, 0.2) is 0 Å². The molecular weight excluding hydrogens is 164 g/mol. The maximum Gasteiger partial charge on any atom is 0.0587 e. The summed E-state index contributed by atoms with van der Waals surface area (Å²) in [6.45, 7) is 7.84. The molecule has 0 saturated carbocycles. The van der Waals surface area contributed by atoms with Crippen molar-refractivity contribution < 1.29 is 5.11 Å². The first kappa shape index (κ1) is 11.0. The molecule has 3 N–H and O–H groups in total. The summed E-state index contributed by atoms with van der Waals surface area (Å²) in [5.41, 5.74) is 0. The highest BCUT2D eigenvalue weighted by atomic mass is 16.3. The third-order valence-corrected chi connectivity index (χ3v) is 2.83. The molecule has 1 aliphatic heterocycles. The summed E-state index contributed by atoms with van der Waals surface area (Å²) >= 11 is 0. The van der Waals surface area contributed by atoms with Gasteiger partial charge in [0, 0.05) is 6.04 Å². The number of aliphatic hydroxyl groups excluding tert-OH is 1. The highest BCUT2D eigenvalue weighted by Crippen LogP contribution is 2.07. The molecule has 0 aromatic rings. The minimum absolute atomic E-state index is 0.248. The molecule has 1 rings (SSSR count). The molecule has 3 heteroatoms. The lowest BCUT2D eigenvalue weighted by molar-refractivity contribution is 0.206. The molecule has 1 heterocycles. The van der Waals surface area contributed by atoms with Crippen LogP contribution in [0.4, 0.5) is 0 Å². The van der Waals surface area contributed by atoms with Gasteiger partial charge in [0.05, 0.1) is 6.61 Å². The second-order valence-electron chi connectivity index (χ2n) is 4.30. The molecule has 78 valence electrons. The Morgan fingerprint density at radius 3 is 2.77 bits per heavy atom. The normalized spacial score (nSPS) is 25.4. The van der Waals surface area contributed by atoms with Gasteiger partial charge in [-0.2, -0.15) is 0 Å². The maximum absolute atomic E-state index is 9.09. The molecule has 0 amide bonds. The van der Waals surface area contributed by atoms with Crippen LogP contribution < -0.4 is 10.6 Å². The van der Waals surface area contributed by atoms with Gasteiger partial charge in [-0.3, -0.25) is 0 Å². The fourth-order valence-corrected chi connectivity index (χ4v) is 1.72. The number of aliphatic hydroxyl groups is 1. The number of hydrogen-bond donors (Lipinski definition) is 3. The second-order valence-corrected chi connectivity index (χ2v) is 4.30. The van der Waals surface area contributed by atoms with Crippen molar-refractivity contribution >= 4 is 0 Å². The van der Waals surface area contributed by atoms with E-state index < -0.39 is 0 Å². The smallest absolute Gasteiger partial charge is 0.0587 e. The van der Waals surface area contributed by atoms with Crippen LogP contribution in [-0.4, -0.2) is 37.4 Å². The van der Waals surface area contributed by atoms with Crippen molar-refractivity contribution in [3.63, 3.8) is 0 Å². The Kier molecular flexibility index (Phi) is 4.70. The van der Waals surface area contributed by atoms with Gasteiger partial charge in [-0.1, -0.05) is 13.8 Å². The van der Waals surface area contributed by atoms with Crippen LogP contribution >= 0.6 is 0 Å². The molecule has 1 aliphatic rings. The van der Waals surface area contributed by atoms with Crippen LogP contribution in [-0.2, 0) is 0 Å². The van der Waals surface area contributed by atoms with Crippen LogP contribution in [0.25, 0.3) is 0 Å². The Morgan fingerprint density at radius 2 is 2.31 bits per heavy atom. The summed E-state index contributed by atoms with van der Waals surface area (Å²) in [4.78, 5) is 0. The molecule has 0 aliphatic carbocycles. The summed E-state index contributed by atoms with van der Waals surface area (Å²) in [5.74, 6) is 1.27. The van der Waals surface area contributed by atoms with E-state index in [0.717, 1.165) is 25.6 Å². The first-order valence-electron chi connectivity index (χ1n) is 5.29. The first-order chi connectivity index (χ1) is 6.24. The van der Waals surface area contributed by atoms with Gasteiger partial charge in [-0.05, 0) is 37.9 Å². The van der Waals surface area contributed by atoms with Crippen LogP contribution in [0.5, 0.6) is 0 Å². The summed E-state index contributed by atoms with van der Waals surface area (Å²) in [5, 5.41) is 15.9. The van der Waals surface area contributed by atoms with E-state index in [-0.39, 0.29) is 12.6 Å². The Bertz CT molecular complexity index is 133. The molecule has 3 nitrogen and oxygen atoms in total. The second kappa shape index (κ2) is 5.58. The van der Waals surface area contributed by atoms with Crippen molar-refractivity contribution in [2.45, 2.75) is 26.3 Å². The standard InChI is InChI=1S/C10H22N2O/c1-8(2)10(7-13)12-6-9-3-4-11-5-9/h8-13H,3-7H2,1-2H3/t9-,10+/m1/s1. The maximum atomic E-state index is 9.09. The fraction of sp³-hybridized carbons (Fsp3) is 1.00. The van der Waals surface area contributed by atoms with Gasteiger partial charge >= 0.3 is 0 Å². The quantitative estimate of drug-likeness (QED) is 0.575. The van der Waals surface area contributed by atoms with Crippen LogP contribution in [0, 0.1) is 11.8 Å². The van der Waals surface area contributed by atoms with Gasteiger partial charge in [-0.15, -0.1) is 0 Å². The summed E-state index contributed by atoms with van der Waals surface area (Å²) in [7, 11) is 0. The van der Waals surface area contributed by atoms with E-state index in [1.807, 2.05) is 0 Å². The number of hydrogen-bond acceptors (Lipinski definition) is 3. The van der Waals surface area contributed by atoms with E-state index in [1.54, 1.807) is 0 Å². The van der Waals surface area contributed by atoms with Gasteiger partial charge in [-0.25, -0.2) is 0 Å². The van der Waals surface area contributed by atoms with E-state index in [2.05, 4.69) is 24.5 Å². The van der Waals surface area contributed by atoms with Crippen molar-refractivity contribution in [1.29, 1.82) is 0 Å². The molecule has 1 fully saturated rings. The van der Waals surface area contributed by atoms with E-state index in [1.165, 1.54) is 6.42 Å². The van der Waals surface area contributed by atoms with Gasteiger partial charge in [0.15, 0.2) is 0 Å². The summed E-state index contributed by atoms with van der Waals surface area (Å²) < 4.78 is 0. The summed E-state index contributed by atoms with van der Waals surface area (Å²) in [6, 6.07) is 0.264. The average molecular weight is 186 g/mol. The molecule has 0 aromatic heterocycles.